The summed E-state index contributed by atoms with van der Waals surface area (Å²) in [7, 11) is -3.54. The van der Waals surface area contributed by atoms with Crippen molar-refractivity contribution in [2.24, 2.45) is 0 Å². The molecule has 2 aromatic rings. The van der Waals surface area contributed by atoms with E-state index in [0.717, 1.165) is 6.26 Å². The number of halogens is 1. The molecule has 0 spiro atoms. The topological polar surface area (TPSA) is 98.5 Å². The minimum absolute atomic E-state index is 0.0229. The molecule has 124 valence electrons. The summed E-state index contributed by atoms with van der Waals surface area (Å²) in [6, 6.07) is 4.21. The molecule has 1 aromatic carbocycles. The summed E-state index contributed by atoms with van der Waals surface area (Å²) in [5, 5.41) is 4.05. The van der Waals surface area contributed by atoms with Gasteiger partial charge in [-0.05, 0) is 32.0 Å². The zero-order valence-electron chi connectivity index (χ0n) is 12.7. The molecular formula is C14H15ClN2O5S. The van der Waals surface area contributed by atoms with Gasteiger partial charge in [-0.3, -0.25) is 4.72 Å². The molecule has 0 atom stereocenters. The molecule has 1 aromatic heterocycles. The Morgan fingerprint density at radius 1 is 1.39 bits per heavy atom. The van der Waals surface area contributed by atoms with Crippen LogP contribution in [-0.4, -0.2) is 25.8 Å². The molecule has 1 heterocycles. The van der Waals surface area contributed by atoms with Gasteiger partial charge >= 0.3 is 5.97 Å². The number of rotatable bonds is 5. The first-order chi connectivity index (χ1) is 10.7. The molecule has 2 rings (SSSR count). The number of benzene rings is 1. The number of nitrogens with zero attached hydrogens (tertiary/aromatic N) is 1. The largest absolute Gasteiger partial charge is 0.457 e. The number of esters is 1. The second kappa shape index (κ2) is 6.59. The van der Waals surface area contributed by atoms with Gasteiger partial charge < -0.3 is 9.26 Å². The maximum absolute atomic E-state index is 12.3. The van der Waals surface area contributed by atoms with Crippen LogP contribution >= 0.6 is 11.6 Å². The third-order valence-corrected chi connectivity index (χ3v) is 3.85. The second-order valence-corrected chi connectivity index (χ2v) is 7.13. The number of anilines is 1. The lowest BCUT2D eigenvalue weighted by Crippen LogP contribution is -2.15. The number of ether oxygens (including phenoxy) is 1. The number of aromatic nitrogens is 1. The summed E-state index contributed by atoms with van der Waals surface area (Å²) in [6.45, 7) is 3.40. The maximum atomic E-state index is 12.3. The van der Waals surface area contributed by atoms with Crippen LogP contribution < -0.4 is 4.72 Å². The molecule has 7 nitrogen and oxygen atoms in total. The Labute approximate surface area is 138 Å². The minimum Gasteiger partial charge on any atom is -0.457 e. The first-order valence-corrected chi connectivity index (χ1v) is 8.80. The lowest BCUT2D eigenvalue weighted by molar-refractivity contribution is 0.0472. The highest BCUT2D eigenvalue weighted by atomic mass is 35.5. The summed E-state index contributed by atoms with van der Waals surface area (Å²) in [5.74, 6) is -0.158. The molecule has 0 amide bonds. The number of nitrogens with one attached hydrogen (secondary N) is 1. The van der Waals surface area contributed by atoms with Gasteiger partial charge in [0, 0.05) is 5.02 Å². The summed E-state index contributed by atoms with van der Waals surface area (Å²) >= 11 is 5.87. The fourth-order valence-electron chi connectivity index (χ4n) is 1.90. The summed E-state index contributed by atoms with van der Waals surface area (Å²) in [4.78, 5) is 12.3. The van der Waals surface area contributed by atoms with E-state index in [-0.39, 0.29) is 22.9 Å². The van der Waals surface area contributed by atoms with Crippen molar-refractivity contribution in [3.63, 3.8) is 0 Å². The Morgan fingerprint density at radius 3 is 2.65 bits per heavy atom. The zero-order valence-corrected chi connectivity index (χ0v) is 14.3. The van der Waals surface area contributed by atoms with Crippen molar-refractivity contribution in [2.75, 3.05) is 11.0 Å². The van der Waals surface area contributed by atoms with E-state index < -0.39 is 16.0 Å². The number of carbonyl (C=O) groups excluding carboxylic acids is 1. The molecule has 1 N–H and O–H groups in total. The minimum atomic E-state index is -3.54. The fourth-order valence-corrected chi connectivity index (χ4v) is 2.65. The predicted molar refractivity (Wildman–Crippen MR) is 85.0 cm³/mol. The Morgan fingerprint density at radius 2 is 2.09 bits per heavy atom. The fraction of sp³-hybridized carbons (Fsp3) is 0.286. The first kappa shape index (κ1) is 17.3. The van der Waals surface area contributed by atoms with Crippen molar-refractivity contribution in [2.45, 2.75) is 20.5 Å². The van der Waals surface area contributed by atoms with E-state index in [1.807, 2.05) is 0 Å². The summed E-state index contributed by atoms with van der Waals surface area (Å²) in [6.07, 6.45) is 0.987. The maximum Gasteiger partial charge on any atom is 0.340 e. The predicted octanol–water partition coefficient (Wildman–Crippen LogP) is 2.67. The Kier molecular flexibility index (Phi) is 4.96. The van der Waals surface area contributed by atoms with Gasteiger partial charge in [0.2, 0.25) is 10.0 Å². The normalized spacial score (nSPS) is 11.3. The van der Waals surface area contributed by atoms with Crippen LogP contribution in [0, 0.1) is 13.8 Å². The van der Waals surface area contributed by atoms with Crippen LogP contribution in [0.4, 0.5) is 5.69 Å². The molecule has 0 saturated heterocycles. The Balaban J connectivity index is 2.23. The number of hydrogen-bond acceptors (Lipinski definition) is 6. The van der Waals surface area contributed by atoms with E-state index in [1.165, 1.54) is 18.2 Å². The van der Waals surface area contributed by atoms with Crippen LogP contribution in [0.1, 0.15) is 27.4 Å². The van der Waals surface area contributed by atoms with E-state index in [1.54, 1.807) is 13.8 Å². The van der Waals surface area contributed by atoms with E-state index >= 15 is 0 Å². The van der Waals surface area contributed by atoms with Crippen molar-refractivity contribution >= 4 is 33.3 Å². The SMILES string of the molecule is Cc1noc(C)c1COC(=O)c1cc(Cl)ccc1NS(C)(=O)=O. The monoisotopic (exact) mass is 358 g/mol. The molecule has 0 bridgehead atoms. The first-order valence-electron chi connectivity index (χ1n) is 6.53. The van der Waals surface area contributed by atoms with Crippen molar-refractivity contribution < 1.29 is 22.5 Å². The van der Waals surface area contributed by atoms with Crippen LogP contribution in [0.3, 0.4) is 0 Å². The van der Waals surface area contributed by atoms with Gasteiger partial charge in [0.1, 0.15) is 12.4 Å². The average Bonchev–Trinajstić information content (AvgIpc) is 2.76. The van der Waals surface area contributed by atoms with Crippen LogP contribution in [0.25, 0.3) is 0 Å². The van der Waals surface area contributed by atoms with Crippen molar-refractivity contribution in [3.8, 4) is 0 Å². The molecular weight excluding hydrogens is 344 g/mol. The van der Waals surface area contributed by atoms with Gasteiger partial charge in [-0.15, -0.1) is 0 Å². The highest BCUT2D eigenvalue weighted by Crippen LogP contribution is 2.23. The van der Waals surface area contributed by atoms with Crippen molar-refractivity contribution in [1.29, 1.82) is 0 Å². The molecule has 0 aliphatic heterocycles. The molecule has 0 aliphatic carbocycles. The van der Waals surface area contributed by atoms with Crippen LogP contribution in [0.15, 0.2) is 22.7 Å². The van der Waals surface area contributed by atoms with Gasteiger partial charge in [0.15, 0.2) is 0 Å². The van der Waals surface area contributed by atoms with Gasteiger partial charge in [-0.25, -0.2) is 13.2 Å². The van der Waals surface area contributed by atoms with Gasteiger partial charge in [-0.1, -0.05) is 16.8 Å². The third kappa shape index (κ3) is 4.46. The molecule has 0 aliphatic rings. The Hall–Kier alpha value is -2.06. The summed E-state index contributed by atoms with van der Waals surface area (Å²) in [5.41, 5.74) is 1.41. The van der Waals surface area contributed by atoms with E-state index in [4.69, 9.17) is 20.9 Å². The molecule has 9 heteroatoms. The number of carbonyl (C=O) groups is 1. The van der Waals surface area contributed by atoms with Gasteiger partial charge in [-0.2, -0.15) is 0 Å². The number of hydrogen-bond donors (Lipinski definition) is 1. The lowest BCUT2D eigenvalue weighted by Gasteiger charge is -2.11. The van der Waals surface area contributed by atoms with Gasteiger partial charge in [0.25, 0.3) is 0 Å². The average molecular weight is 359 g/mol. The zero-order chi connectivity index (χ0) is 17.2. The summed E-state index contributed by atoms with van der Waals surface area (Å²) < 4.78 is 35.2. The Bertz CT molecular complexity index is 825. The van der Waals surface area contributed by atoms with Gasteiger partial charge in [0.05, 0.1) is 28.8 Å². The number of sulfonamides is 1. The van der Waals surface area contributed by atoms with E-state index in [9.17, 15) is 13.2 Å². The molecule has 0 fully saturated rings. The smallest absolute Gasteiger partial charge is 0.340 e. The van der Waals surface area contributed by atoms with E-state index in [0.29, 0.717) is 17.0 Å². The lowest BCUT2D eigenvalue weighted by atomic mass is 10.2. The molecule has 0 radical (unpaired) electrons. The molecule has 0 saturated carbocycles. The highest BCUT2D eigenvalue weighted by Gasteiger charge is 2.18. The van der Waals surface area contributed by atoms with Crippen molar-refractivity contribution in [3.05, 3.63) is 45.8 Å². The number of aryl methyl sites for hydroxylation is 2. The highest BCUT2D eigenvalue weighted by molar-refractivity contribution is 7.92. The molecule has 0 unspecified atom stereocenters. The third-order valence-electron chi connectivity index (χ3n) is 3.03. The van der Waals surface area contributed by atoms with Crippen molar-refractivity contribution in [1.82, 2.24) is 5.16 Å². The second-order valence-electron chi connectivity index (χ2n) is 4.94. The van der Waals surface area contributed by atoms with Crippen LogP contribution in [0.5, 0.6) is 0 Å². The van der Waals surface area contributed by atoms with Crippen LogP contribution in [-0.2, 0) is 21.4 Å². The molecule has 23 heavy (non-hydrogen) atoms. The quantitative estimate of drug-likeness (QED) is 0.825. The van der Waals surface area contributed by atoms with Crippen LogP contribution in [0.2, 0.25) is 5.02 Å². The standard InChI is InChI=1S/C14H15ClN2O5S/c1-8-12(9(2)22-16-8)7-21-14(18)11-6-10(15)4-5-13(11)17-23(3,19)20/h4-6,17H,7H2,1-3H3. The van der Waals surface area contributed by atoms with E-state index in [2.05, 4.69) is 9.88 Å².